The van der Waals surface area contributed by atoms with Crippen LogP contribution < -0.4 is 0 Å². The molecular formula is C5H11NO2. The van der Waals surface area contributed by atoms with Crippen molar-refractivity contribution in [1.82, 2.24) is 0 Å². The van der Waals surface area contributed by atoms with Gasteiger partial charge < -0.3 is 9.94 Å². The molecule has 3 nitrogen and oxygen atoms in total. The lowest BCUT2D eigenvalue weighted by atomic mass is 10.3. The fourth-order valence-corrected chi connectivity index (χ4v) is 0.252. The maximum Gasteiger partial charge on any atom is 0.0954 e. The van der Waals surface area contributed by atoms with Crippen LogP contribution >= 0.6 is 0 Å². The van der Waals surface area contributed by atoms with Gasteiger partial charge in [0.25, 0.3) is 0 Å². The highest BCUT2D eigenvalue weighted by Gasteiger charge is 2.01. The Morgan fingerprint density at radius 2 is 2.25 bits per heavy atom. The summed E-state index contributed by atoms with van der Waals surface area (Å²) in [7, 11) is 1.57. The number of nitrogens with zero attached hydrogens (tertiary/aromatic N) is 1. The zero-order chi connectivity index (χ0) is 6.57. The second-order valence-corrected chi connectivity index (χ2v) is 1.62. The molecule has 1 unspecified atom stereocenters. The summed E-state index contributed by atoms with van der Waals surface area (Å²) in [6.45, 7) is 3.52. The van der Waals surface area contributed by atoms with E-state index >= 15 is 0 Å². The van der Waals surface area contributed by atoms with Crippen molar-refractivity contribution in [2.45, 2.75) is 20.0 Å². The van der Waals surface area contributed by atoms with Gasteiger partial charge >= 0.3 is 0 Å². The third kappa shape index (κ3) is 1.93. The topological polar surface area (TPSA) is 41.8 Å². The first-order chi connectivity index (χ1) is 3.72. The quantitative estimate of drug-likeness (QED) is 0.331. The average Bonchev–Trinajstić information content (AvgIpc) is 1.84. The van der Waals surface area contributed by atoms with Gasteiger partial charge in [-0.1, -0.05) is 5.16 Å². The molecule has 0 aromatic rings. The van der Waals surface area contributed by atoms with Gasteiger partial charge in [0.05, 0.1) is 11.8 Å². The number of oxime groups is 1. The SMILES string of the molecule is COC(C)C(C)=NO. The lowest BCUT2D eigenvalue weighted by Gasteiger charge is -2.04. The van der Waals surface area contributed by atoms with Crippen LogP contribution in [0.15, 0.2) is 5.16 Å². The van der Waals surface area contributed by atoms with E-state index in [4.69, 9.17) is 9.94 Å². The molecule has 0 spiro atoms. The first-order valence-corrected chi connectivity index (χ1v) is 2.43. The van der Waals surface area contributed by atoms with Crippen molar-refractivity contribution in [3.8, 4) is 0 Å². The molecule has 0 bridgehead atoms. The standard InChI is InChI=1S/C5H11NO2/c1-4(6-7)5(2)8-3/h5,7H,1-3H3. The summed E-state index contributed by atoms with van der Waals surface area (Å²) >= 11 is 0. The number of ether oxygens (including phenoxy) is 1. The first-order valence-electron chi connectivity index (χ1n) is 2.43. The van der Waals surface area contributed by atoms with E-state index in [-0.39, 0.29) is 6.10 Å². The van der Waals surface area contributed by atoms with E-state index in [2.05, 4.69) is 5.16 Å². The zero-order valence-corrected chi connectivity index (χ0v) is 5.38. The summed E-state index contributed by atoms with van der Waals surface area (Å²) in [6, 6.07) is 0. The second kappa shape index (κ2) is 3.43. The molecule has 0 amide bonds. The molecule has 0 aliphatic rings. The molecule has 0 aromatic heterocycles. The Kier molecular flexibility index (Phi) is 3.19. The molecule has 0 heterocycles. The van der Waals surface area contributed by atoms with Crippen molar-refractivity contribution in [2.75, 3.05) is 7.11 Å². The zero-order valence-electron chi connectivity index (χ0n) is 5.38. The Hall–Kier alpha value is -0.570. The Morgan fingerprint density at radius 1 is 1.75 bits per heavy atom. The molecule has 0 fully saturated rings. The van der Waals surface area contributed by atoms with Crippen molar-refractivity contribution in [3.63, 3.8) is 0 Å². The van der Waals surface area contributed by atoms with Crippen LogP contribution in [0.2, 0.25) is 0 Å². The largest absolute Gasteiger partial charge is 0.411 e. The molecule has 0 radical (unpaired) electrons. The highest BCUT2D eigenvalue weighted by molar-refractivity contribution is 5.85. The predicted octanol–water partition coefficient (Wildman–Crippen LogP) is 0.871. The maximum absolute atomic E-state index is 8.14. The number of hydrogen-bond acceptors (Lipinski definition) is 3. The van der Waals surface area contributed by atoms with Crippen LogP contribution in [-0.2, 0) is 4.74 Å². The molecule has 0 aliphatic heterocycles. The number of rotatable bonds is 2. The Morgan fingerprint density at radius 3 is 2.38 bits per heavy atom. The van der Waals surface area contributed by atoms with Gasteiger partial charge in [-0.2, -0.15) is 0 Å². The van der Waals surface area contributed by atoms with Crippen LogP contribution in [0.1, 0.15) is 13.8 Å². The smallest absolute Gasteiger partial charge is 0.0954 e. The van der Waals surface area contributed by atoms with E-state index in [0.29, 0.717) is 5.71 Å². The van der Waals surface area contributed by atoms with Crippen LogP contribution in [0.3, 0.4) is 0 Å². The van der Waals surface area contributed by atoms with Crippen molar-refractivity contribution in [1.29, 1.82) is 0 Å². The fourth-order valence-electron chi connectivity index (χ4n) is 0.252. The molecular weight excluding hydrogens is 106 g/mol. The maximum atomic E-state index is 8.14. The molecule has 3 heteroatoms. The minimum Gasteiger partial charge on any atom is -0.411 e. The van der Waals surface area contributed by atoms with Gasteiger partial charge in [0.2, 0.25) is 0 Å². The third-order valence-corrected chi connectivity index (χ3v) is 1.10. The van der Waals surface area contributed by atoms with Crippen LogP contribution in [0, 0.1) is 0 Å². The van der Waals surface area contributed by atoms with Crippen molar-refractivity contribution >= 4 is 5.71 Å². The average molecular weight is 117 g/mol. The van der Waals surface area contributed by atoms with E-state index in [9.17, 15) is 0 Å². The summed E-state index contributed by atoms with van der Waals surface area (Å²) in [6.07, 6.45) is -0.0833. The van der Waals surface area contributed by atoms with Gasteiger partial charge in [-0.3, -0.25) is 0 Å². The molecule has 0 aromatic carbocycles. The molecule has 0 saturated carbocycles. The Balaban J connectivity index is 3.63. The lowest BCUT2D eigenvalue weighted by molar-refractivity contribution is 0.165. The van der Waals surface area contributed by atoms with E-state index in [1.54, 1.807) is 14.0 Å². The molecule has 0 aliphatic carbocycles. The summed E-state index contributed by atoms with van der Waals surface area (Å²) in [5, 5.41) is 11.1. The normalized spacial score (nSPS) is 16.1. The highest BCUT2D eigenvalue weighted by atomic mass is 16.5. The Labute approximate surface area is 49.0 Å². The minimum atomic E-state index is -0.0833. The van der Waals surface area contributed by atoms with E-state index in [0.717, 1.165) is 0 Å². The summed E-state index contributed by atoms with van der Waals surface area (Å²) in [5.41, 5.74) is 0.590. The van der Waals surface area contributed by atoms with E-state index in [1.807, 2.05) is 6.92 Å². The minimum absolute atomic E-state index is 0.0833. The monoisotopic (exact) mass is 117 g/mol. The predicted molar refractivity (Wildman–Crippen MR) is 31.4 cm³/mol. The fraction of sp³-hybridized carbons (Fsp3) is 0.800. The van der Waals surface area contributed by atoms with Gasteiger partial charge in [0, 0.05) is 7.11 Å². The third-order valence-electron chi connectivity index (χ3n) is 1.10. The van der Waals surface area contributed by atoms with Gasteiger partial charge in [0.1, 0.15) is 0 Å². The molecule has 1 N–H and O–H groups in total. The van der Waals surface area contributed by atoms with Crippen molar-refractivity contribution in [3.05, 3.63) is 0 Å². The summed E-state index contributed by atoms with van der Waals surface area (Å²) in [5.74, 6) is 0. The summed E-state index contributed by atoms with van der Waals surface area (Å²) < 4.78 is 4.81. The van der Waals surface area contributed by atoms with Gasteiger partial charge in [-0.25, -0.2) is 0 Å². The molecule has 8 heavy (non-hydrogen) atoms. The van der Waals surface area contributed by atoms with E-state index in [1.165, 1.54) is 0 Å². The van der Waals surface area contributed by atoms with Gasteiger partial charge in [-0.15, -0.1) is 0 Å². The van der Waals surface area contributed by atoms with Gasteiger partial charge in [0.15, 0.2) is 0 Å². The molecule has 48 valence electrons. The van der Waals surface area contributed by atoms with Crippen LogP contribution in [-0.4, -0.2) is 24.1 Å². The van der Waals surface area contributed by atoms with Crippen LogP contribution in [0.5, 0.6) is 0 Å². The Bertz CT molecular complexity index is 90.4. The van der Waals surface area contributed by atoms with Crippen LogP contribution in [0.4, 0.5) is 0 Å². The van der Waals surface area contributed by atoms with Crippen molar-refractivity contribution < 1.29 is 9.94 Å². The highest BCUT2D eigenvalue weighted by Crippen LogP contribution is 1.89. The molecule has 0 saturated heterocycles. The second-order valence-electron chi connectivity index (χ2n) is 1.62. The number of hydrogen-bond donors (Lipinski definition) is 1. The molecule has 1 atom stereocenters. The molecule has 0 rings (SSSR count). The van der Waals surface area contributed by atoms with Crippen molar-refractivity contribution in [2.24, 2.45) is 5.16 Å². The number of methoxy groups -OCH3 is 1. The van der Waals surface area contributed by atoms with Gasteiger partial charge in [-0.05, 0) is 13.8 Å². The van der Waals surface area contributed by atoms with E-state index < -0.39 is 0 Å². The van der Waals surface area contributed by atoms with Crippen LogP contribution in [0.25, 0.3) is 0 Å². The summed E-state index contributed by atoms with van der Waals surface area (Å²) in [4.78, 5) is 0. The lowest BCUT2D eigenvalue weighted by Crippen LogP contribution is -2.15. The first kappa shape index (κ1) is 7.43.